The number of hydrogen-bond acceptors (Lipinski definition) is 5. The molecule has 0 heterocycles. The van der Waals surface area contributed by atoms with Crippen LogP contribution in [0.2, 0.25) is 0 Å². The number of rotatable bonds is 4. The number of nitrogens with one attached hydrogen (secondary N) is 3. The SMILES string of the molecule is CN[OH+]c1cccc(NO)c1.CS.[NH-]c1ccc(F)cc1C(=O)O.[Y]. The van der Waals surface area contributed by atoms with Crippen LogP contribution in [0.3, 0.4) is 0 Å². The van der Waals surface area contributed by atoms with Crippen LogP contribution < -0.4 is 11.0 Å². The van der Waals surface area contributed by atoms with Crippen molar-refractivity contribution in [2.75, 3.05) is 18.8 Å². The van der Waals surface area contributed by atoms with E-state index < -0.39 is 11.8 Å². The molecule has 0 amide bonds. The molecular weight excluding hydrogens is 426 g/mol. The van der Waals surface area contributed by atoms with Gasteiger partial charge in [0, 0.05) is 44.3 Å². The van der Waals surface area contributed by atoms with Gasteiger partial charge in [0.05, 0.1) is 18.8 Å². The van der Waals surface area contributed by atoms with E-state index >= 15 is 0 Å². The Morgan fingerprint density at radius 1 is 1.24 bits per heavy atom. The Morgan fingerprint density at radius 2 is 1.88 bits per heavy atom. The molecule has 7 nitrogen and oxygen atoms in total. The molecule has 0 unspecified atom stereocenters. The molecule has 0 aromatic heterocycles. The summed E-state index contributed by atoms with van der Waals surface area (Å²) in [7, 11) is 1.72. The molecule has 6 N–H and O–H groups in total. The fourth-order valence-corrected chi connectivity index (χ4v) is 1.47. The summed E-state index contributed by atoms with van der Waals surface area (Å²) in [6, 6.07) is 10.1. The molecule has 0 saturated carbocycles. The van der Waals surface area contributed by atoms with E-state index in [1.54, 1.807) is 31.5 Å². The minimum atomic E-state index is -1.28. The van der Waals surface area contributed by atoms with Crippen LogP contribution >= 0.6 is 12.6 Å². The van der Waals surface area contributed by atoms with Crippen LogP contribution in [0.5, 0.6) is 5.75 Å². The van der Waals surface area contributed by atoms with Gasteiger partial charge in [-0.05, 0) is 24.5 Å². The van der Waals surface area contributed by atoms with Crippen molar-refractivity contribution in [2.45, 2.75) is 0 Å². The van der Waals surface area contributed by atoms with Crippen molar-refractivity contribution >= 4 is 30.0 Å². The van der Waals surface area contributed by atoms with Crippen molar-refractivity contribution in [3.8, 4) is 5.75 Å². The Hall–Kier alpha value is -1.39. The second-order valence-corrected chi connectivity index (χ2v) is 3.99. The molecule has 1 radical (unpaired) electrons. The van der Waals surface area contributed by atoms with Crippen molar-refractivity contribution in [1.82, 2.24) is 5.48 Å². The van der Waals surface area contributed by atoms with Crippen LogP contribution in [-0.4, -0.2) is 34.4 Å². The molecule has 0 bridgehead atoms. The van der Waals surface area contributed by atoms with E-state index in [1.807, 2.05) is 11.5 Å². The summed E-state index contributed by atoms with van der Waals surface area (Å²) in [5, 5.41) is 16.9. The normalized spacial score (nSPS) is 8.52. The molecule has 0 aliphatic carbocycles. The zero-order chi connectivity index (χ0) is 18.5. The third-order valence-corrected chi connectivity index (χ3v) is 2.43. The Labute approximate surface area is 176 Å². The molecule has 25 heavy (non-hydrogen) atoms. The van der Waals surface area contributed by atoms with E-state index in [0.717, 1.165) is 23.9 Å². The van der Waals surface area contributed by atoms with Gasteiger partial charge in [-0.1, -0.05) is 17.6 Å². The molecule has 0 saturated heterocycles. The molecule has 2 rings (SSSR count). The number of aromatic hydroxyl groups is 1. The topological polar surface area (TPSA) is 118 Å². The summed E-state index contributed by atoms with van der Waals surface area (Å²) >= 11 is 3.53. The summed E-state index contributed by atoms with van der Waals surface area (Å²) in [4.78, 5) is 14.2. The summed E-state index contributed by atoms with van der Waals surface area (Å²) in [6.07, 6.45) is 1.69. The number of carboxylic acid groups (broad SMARTS) is 1. The third-order valence-electron chi connectivity index (χ3n) is 2.43. The quantitative estimate of drug-likeness (QED) is 0.279. The van der Waals surface area contributed by atoms with Crippen molar-refractivity contribution < 1.29 is 57.0 Å². The van der Waals surface area contributed by atoms with Crippen LogP contribution in [0.1, 0.15) is 10.4 Å². The predicted molar refractivity (Wildman–Crippen MR) is 94.8 cm³/mol. The van der Waals surface area contributed by atoms with Gasteiger partial charge in [0.2, 0.25) is 0 Å². The van der Waals surface area contributed by atoms with E-state index in [1.165, 1.54) is 0 Å². The van der Waals surface area contributed by atoms with Gasteiger partial charge >= 0.3 is 5.97 Å². The summed E-state index contributed by atoms with van der Waals surface area (Å²) in [5.41, 5.74) is 11.9. The average Bonchev–Trinajstić information content (AvgIpc) is 2.60. The first-order valence-electron chi connectivity index (χ1n) is 6.54. The molecule has 0 atom stereocenters. The molecule has 2 aromatic carbocycles. The second-order valence-electron chi connectivity index (χ2n) is 3.99. The number of aromatic carboxylic acids is 1. The Morgan fingerprint density at radius 3 is 2.36 bits per heavy atom. The van der Waals surface area contributed by atoms with Crippen molar-refractivity contribution in [3.05, 3.63) is 59.6 Å². The standard InChI is InChI=1S/C7H5FNO2.C7H10N2O2.CH4S.Y/c8-4-1-2-6(9)5(3-4)7(10)11;1-8-11-7-4-2-3-6(5-7)9-10;1-2;/h1-3,9H,(H,10,11);2-5,8-10H,1H3;2H,1H3;/q-1;;;/p+1. The number of thiol groups is 1. The van der Waals surface area contributed by atoms with Gasteiger partial charge < -0.3 is 15.7 Å². The zero-order valence-electron chi connectivity index (χ0n) is 13.7. The molecule has 0 spiro atoms. The van der Waals surface area contributed by atoms with E-state index in [-0.39, 0.29) is 44.0 Å². The van der Waals surface area contributed by atoms with E-state index in [2.05, 4.69) is 22.9 Å². The van der Waals surface area contributed by atoms with Gasteiger partial charge in [-0.25, -0.2) is 9.18 Å². The molecule has 0 fully saturated rings. The first-order chi connectivity index (χ1) is 11.5. The second kappa shape index (κ2) is 14.9. The minimum Gasteiger partial charge on any atom is -0.698 e. The average molecular weight is 446 g/mol. The van der Waals surface area contributed by atoms with Crippen LogP contribution in [0, 0.1) is 5.82 Å². The van der Waals surface area contributed by atoms with Gasteiger partial charge in [-0.15, -0.1) is 5.69 Å². The van der Waals surface area contributed by atoms with Gasteiger partial charge in [0.25, 0.3) is 5.75 Å². The first-order valence-corrected chi connectivity index (χ1v) is 7.44. The smallest absolute Gasteiger partial charge is 0.334 e. The van der Waals surface area contributed by atoms with Crippen LogP contribution in [-0.2, 0) is 32.7 Å². The summed E-state index contributed by atoms with van der Waals surface area (Å²) in [6.45, 7) is 0. The van der Waals surface area contributed by atoms with Crippen molar-refractivity contribution in [3.63, 3.8) is 0 Å². The van der Waals surface area contributed by atoms with Crippen molar-refractivity contribution in [2.24, 2.45) is 0 Å². The number of hydroxylamine groups is 1. The van der Waals surface area contributed by atoms with Crippen LogP contribution in [0.4, 0.5) is 15.8 Å². The first kappa shape index (κ1) is 25.8. The zero-order valence-corrected chi connectivity index (χ0v) is 17.4. The van der Waals surface area contributed by atoms with Gasteiger partial charge in [0.15, 0.2) is 0 Å². The van der Waals surface area contributed by atoms with Gasteiger partial charge in [-0.2, -0.15) is 12.6 Å². The maximum absolute atomic E-state index is 12.4. The maximum atomic E-state index is 12.4. The number of benzene rings is 2. The van der Waals surface area contributed by atoms with Crippen LogP contribution in [0.15, 0.2) is 42.5 Å². The van der Waals surface area contributed by atoms with E-state index in [4.69, 9.17) is 16.0 Å². The molecule has 0 aliphatic rings. The number of carbonyl (C=O) groups is 1. The number of anilines is 1. The molecule has 0 aliphatic heterocycles. The molecule has 10 heteroatoms. The third kappa shape index (κ3) is 10.3. The van der Waals surface area contributed by atoms with Gasteiger partial charge in [0.1, 0.15) is 5.82 Å². The fourth-order valence-electron chi connectivity index (χ4n) is 1.47. The minimum absolute atomic E-state index is 0. The van der Waals surface area contributed by atoms with Gasteiger partial charge in [-0.3, -0.25) is 10.7 Å². The van der Waals surface area contributed by atoms with E-state index in [0.29, 0.717) is 5.69 Å². The Balaban J connectivity index is 0. The van der Waals surface area contributed by atoms with Crippen molar-refractivity contribution in [1.29, 1.82) is 0 Å². The monoisotopic (exact) mass is 446 g/mol. The number of halogens is 1. The largest absolute Gasteiger partial charge is 0.698 e. The number of carboxylic acids is 1. The summed E-state index contributed by atoms with van der Waals surface area (Å²) in [5.74, 6) is -1.15. The van der Waals surface area contributed by atoms with E-state index in [9.17, 15) is 9.18 Å². The summed E-state index contributed by atoms with van der Waals surface area (Å²) < 4.78 is 12.4. The maximum Gasteiger partial charge on any atom is 0.334 e. The molecule has 135 valence electrons. The molecular formula is C15H20FN3O4SY. The fraction of sp³-hybridized carbons (Fsp3) is 0.133. The predicted octanol–water partition coefficient (Wildman–Crippen LogP) is 3.61. The van der Waals surface area contributed by atoms with Crippen LogP contribution in [0.25, 0.3) is 5.73 Å². The molecule has 2 aromatic rings. The Kier molecular flexibility index (Phi) is 15.4. The Bertz CT molecular complexity index is 650. The number of hydrogen-bond donors (Lipinski definition) is 5.